The molecular weight excluding hydrogens is 468 g/mol. The van der Waals surface area contributed by atoms with Crippen molar-refractivity contribution in [3.05, 3.63) is 40.3 Å². The van der Waals surface area contributed by atoms with E-state index in [9.17, 15) is 14.4 Å². The van der Waals surface area contributed by atoms with Gasteiger partial charge < -0.3 is 10.1 Å². The van der Waals surface area contributed by atoms with Crippen molar-refractivity contribution in [2.24, 2.45) is 17.8 Å². The third kappa shape index (κ3) is 4.80. The van der Waals surface area contributed by atoms with Crippen molar-refractivity contribution >= 4 is 52.2 Å². The van der Waals surface area contributed by atoms with E-state index in [4.69, 9.17) is 17.0 Å². The predicted molar refractivity (Wildman–Crippen MR) is 136 cm³/mol. The third-order valence-electron chi connectivity index (χ3n) is 7.73. The fraction of sp³-hybridized carbons (Fsp3) is 0.538. The van der Waals surface area contributed by atoms with Crippen LogP contribution in [0.4, 0.5) is 0 Å². The van der Waals surface area contributed by atoms with Crippen LogP contribution in [0.5, 0.6) is 0 Å². The van der Waals surface area contributed by atoms with Gasteiger partial charge in [-0.05, 0) is 86.5 Å². The first-order valence-corrected chi connectivity index (χ1v) is 13.3. The summed E-state index contributed by atoms with van der Waals surface area (Å²) in [7, 11) is 1.34. The molecule has 2 amide bonds. The van der Waals surface area contributed by atoms with Gasteiger partial charge in [0.15, 0.2) is 0 Å². The molecule has 1 saturated heterocycles. The largest absolute Gasteiger partial charge is 0.465 e. The van der Waals surface area contributed by atoms with E-state index < -0.39 is 5.97 Å². The first-order chi connectivity index (χ1) is 16.3. The molecule has 4 saturated carbocycles. The molecule has 0 aromatic heterocycles. The average Bonchev–Trinajstić information content (AvgIpc) is 3.05. The Hall–Kier alpha value is -2.19. The van der Waals surface area contributed by atoms with Crippen molar-refractivity contribution in [3.8, 4) is 0 Å². The summed E-state index contributed by atoms with van der Waals surface area (Å²) in [5.41, 5.74) is 1.29. The molecule has 1 N–H and O–H groups in total. The molecule has 34 heavy (non-hydrogen) atoms. The van der Waals surface area contributed by atoms with Crippen molar-refractivity contribution in [1.82, 2.24) is 10.2 Å². The Morgan fingerprint density at radius 1 is 1.15 bits per heavy atom. The van der Waals surface area contributed by atoms with Gasteiger partial charge in [0.2, 0.25) is 5.91 Å². The van der Waals surface area contributed by atoms with Crippen LogP contribution in [0.25, 0.3) is 6.08 Å². The Labute approximate surface area is 209 Å². The standard InChI is InChI=1S/C26H30N2O4S2/c1-32-24(31)20-6-4-16(5-7-20)12-21-23(30)28(25(33)34-21)8-2-3-22(29)27-26-13-17-9-18(14-26)11-19(10-17)15-26/h4-7,12,17-19H,2-3,8-11,13-15H2,1H3,(H,27,29). The molecule has 180 valence electrons. The second-order valence-corrected chi connectivity index (χ2v) is 12.0. The van der Waals surface area contributed by atoms with Gasteiger partial charge in [0.1, 0.15) is 4.32 Å². The highest BCUT2D eigenvalue weighted by Gasteiger charge is 2.51. The molecule has 5 aliphatic rings. The summed E-state index contributed by atoms with van der Waals surface area (Å²) in [6, 6.07) is 6.88. The number of nitrogens with zero attached hydrogens (tertiary/aromatic N) is 1. The van der Waals surface area contributed by atoms with Gasteiger partial charge in [-0.2, -0.15) is 0 Å². The molecule has 1 aromatic carbocycles. The maximum Gasteiger partial charge on any atom is 0.337 e. The summed E-state index contributed by atoms with van der Waals surface area (Å²) in [6.07, 6.45) is 10.3. The van der Waals surface area contributed by atoms with Crippen LogP contribution in [0, 0.1) is 17.8 Å². The molecule has 0 radical (unpaired) electrons. The number of hydrogen-bond acceptors (Lipinski definition) is 6. The second-order valence-electron chi connectivity index (χ2n) is 10.3. The first kappa shape index (κ1) is 23.5. The minimum absolute atomic E-state index is 0.0276. The number of esters is 1. The highest BCUT2D eigenvalue weighted by Crippen LogP contribution is 2.55. The predicted octanol–water partition coefficient (Wildman–Crippen LogP) is 4.54. The molecule has 0 unspecified atom stereocenters. The summed E-state index contributed by atoms with van der Waals surface area (Å²) in [5, 5.41) is 3.41. The summed E-state index contributed by atoms with van der Waals surface area (Å²) in [4.78, 5) is 39.4. The zero-order valence-electron chi connectivity index (χ0n) is 19.4. The topological polar surface area (TPSA) is 75.7 Å². The lowest BCUT2D eigenvalue weighted by atomic mass is 9.53. The molecule has 1 heterocycles. The van der Waals surface area contributed by atoms with Crippen LogP contribution < -0.4 is 5.32 Å². The van der Waals surface area contributed by atoms with Gasteiger partial charge >= 0.3 is 5.97 Å². The van der Waals surface area contributed by atoms with E-state index in [1.54, 1.807) is 35.2 Å². The van der Waals surface area contributed by atoms with Crippen molar-refractivity contribution in [1.29, 1.82) is 0 Å². The van der Waals surface area contributed by atoms with Crippen molar-refractivity contribution in [2.75, 3.05) is 13.7 Å². The Bertz CT molecular complexity index is 1010. The van der Waals surface area contributed by atoms with E-state index in [-0.39, 0.29) is 17.4 Å². The maximum atomic E-state index is 12.9. The Morgan fingerprint density at radius 3 is 2.35 bits per heavy atom. The molecule has 0 atom stereocenters. The van der Waals surface area contributed by atoms with Gasteiger partial charge in [0.05, 0.1) is 17.6 Å². The number of carbonyl (C=O) groups excluding carboxylic acids is 3. The Morgan fingerprint density at radius 2 is 1.76 bits per heavy atom. The molecule has 4 bridgehead atoms. The third-order valence-corrected chi connectivity index (χ3v) is 9.11. The normalized spacial score (nSPS) is 30.8. The van der Waals surface area contributed by atoms with Gasteiger partial charge in [-0.25, -0.2) is 4.79 Å². The highest BCUT2D eigenvalue weighted by molar-refractivity contribution is 8.26. The maximum absolute atomic E-state index is 12.9. The van der Waals surface area contributed by atoms with Gasteiger partial charge in [-0.15, -0.1) is 0 Å². The van der Waals surface area contributed by atoms with Gasteiger partial charge in [0, 0.05) is 18.5 Å². The summed E-state index contributed by atoms with van der Waals surface area (Å²) < 4.78 is 5.23. The molecule has 8 heteroatoms. The number of ether oxygens (including phenoxy) is 1. The van der Waals surface area contributed by atoms with Crippen LogP contribution in [-0.4, -0.2) is 46.2 Å². The second kappa shape index (κ2) is 9.46. The molecule has 6 nitrogen and oxygen atoms in total. The van der Waals surface area contributed by atoms with Gasteiger partial charge in [-0.3, -0.25) is 14.5 Å². The summed E-state index contributed by atoms with van der Waals surface area (Å²) in [5.74, 6) is 1.97. The molecule has 6 rings (SSSR count). The Balaban J connectivity index is 1.13. The van der Waals surface area contributed by atoms with E-state index in [1.807, 2.05) is 0 Å². The lowest BCUT2D eigenvalue weighted by molar-refractivity contribution is -0.127. The molecule has 1 aromatic rings. The minimum atomic E-state index is -0.398. The van der Waals surface area contributed by atoms with Crippen molar-refractivity contribution in [2.45, 2.75) is 56.9 Å². The number of nitrogens with one attached hydrogen (secondary N) is 1. The lowest BCUT2D eigenvalue weighted by Gasteiger charge is -2.56. The smallest absolute Gasteiger partial charge is 0.337 e. The van der Waals surface area contributed by atoms with E-state index in [0.717, 1.165) is 42.6 Å². The SMILES string of the molecule is COC(=O)c1ccc(C=C2SC(=S)N(CCCC(=O)NC34CC5CC(CC(C5)C3)C4)C2=O)cc1. The zero-order chi connectivity index (χ0) is 23.9. The number of hydrogen-bond donors (Lipinski definition) is 1. The van der Waals surface area contributed by atoms with Crippen LogP contribution >= 0.6 is 24.0 Å². The van der Waals surface area contributed by atoms with Crippen LogP contribution in [0.2, 0.25) is 0 Å². The van der Waals surface area contributed by atoms with Crippen LogP contribution in [-0.2, 0) is 14.3 Å². The molecular formula is C26H30N2O4S2. The van der Waals surface area contributed by atoms with Gasteiger partial charge in [-0.1, -0.05) is 36.1 Å². The number of rotatable bonds is 7. The molecule has 5 fully saturated rings. The summed E-state index contributed by atoms with van der Waals surface area (Å²) in [6.45, 7) is 0.442. The van der Waals surface area contributed by atoms with Crippen LogP contribution in [0.1, 0.15) is 67.3 Å². The van der Waals surface area contributed by atoms with Crippen molar-refractivity contribution in [3.63, 3.8) is 0 Å². The first-order valence-electron chi connectivity index (χ1n) is 12.1. The number of carbonyl (C=O) groups is 3. The minimum Gasteiger partial charge on any atom is -0.465 e. The fourth-order valence-electron chi connectivity index (χ4n) is 6.70. The fourth-order valence-corrected chi connectivity index (χ4v) is 8.01. The molecule has 1 aliphatic heterocycles. The molecule has 4 aliphatic carbocycles. The van der Waals surface area contributed by atoms with E-state index in [2.05, 4.69) is 5.32 Å². The Kier molecular flexibility index (Phi) is 6.55. The van der Waals surface area contributed by atoms with E-state index in [0.29, 0.717) is 34.2 Å². The highest BCUT2D eigenvalue weighted by atomic mass is 32.2. The number of benzene rings is 1. The number of amides is 2. The van der Waals surface area contributed by atoms with Crippen molar-refractivity contribution < 1.29 is 19.1 Å². The summed E-state index contributed by atoms with van der Waals surface area (Å²) >= 11 is 6.70. The monoisotopic (exact) mass is 498 g/mol. The lowest BCUT2D eigenvalue weighted by Crippen LogP contribution is -2.59. The number of thioether (sulfide) groups is 1. The number of thiocarbonyl (C=S) groups is 1. The molecule has 0 spiro atoms. The zero-order valence-corrected chi connectivity index (χ0v) is 21.0. The average molecular weight is 499 g/mol. The quantitative estimate of drug-likeness (QED) is 0.338. The number of methoxy groups -OCH3 is 1. The van der Waals surface area contributed by atoms with Gasteiger partial charge in [0.25, 0.3) is 5.91 Å². The van der Waals surface area contributed by atoms with Crippen LogP contribution in [0.3, 0.4) is 0 Å². The van der Waals surface area contributed by atoms with Crippen LogP contribution in [0.15, 0.2) is 29.2 Å². The van der Waals surface area contributed by atoms with E-state index in [1.165, 1.54) is 38.1 Å². The van der Waals surface area contributed by atoms with E-state index >= 15 is 0 Å².